The largest absolute Gasteiger partial charge is 0.352 e. The number of hydrogen-bond acceptors (Lipinski definition) is 4. The van der Waals surface area contributed by atoms with Crippen LogP contribution in [0.25, 0.3) is 0 Å². The van der Waals surface area contributed by atoms with E-state index in [1.54, 1.807) is 6.92 Å². The Hall–Kier alpha value is -2.65. The Morgan fingerprint density at radius 2 is 1.74 bits per heavy atom. The molecule has 7 nitrogen and oxygen atoms in total. The number of carbonyl (C=O) groups is 2. The predicted octanol–water partition coefficient (Wildman–Crippen LogP) is 4.01. The number of rotatable bonds is 12. The van der Waals surface area contributed by atoms with Crippen molar-refractivity contribution >= 4 is 39.1 Å². The van der Waals surface area contributed by atoms with E-state index in [2.05, 4.69) is 5.32 Å². The van der Waals surface area contributed by atoms with Crippen molar-refractivity contribution in [3.63, 3.8) is 0 Å². The third-order valence-corrected chi connectivity index (χ3v) is 7.17. The maximum Gasteiger partial charge on any atom is 0.244 e. The number of anilines is 1. The third-order valence-electron chi connectivity index (χ3n) is 5.74. The zero-order valence-corrected chi connectivity index (χ0v) is 22.1. The molecule has 2 aromatic carbocycles. The van der Waals surface area contributed by atoms with E-state index in [4.69, 9.17) is 11.6 Å². The molecular weight excluding hydrogens is 493 g/mol. The lowest BCUT2D eigenvalue weighted by atomic mass is 10.1. The molecule has 35 heavy (non-hydrogen) atoms. The van der Waals surface area contributed by atoms with Gasteiger partial charge in [-0.05, 0) is 49.9 Å². The molecule has 0 aliphatic rings. The molecule has 0 unspecified atom stereocenters. The first-order valence-corrected chi connectivity index (χ1v) is 13.8. The molecule has 0 heterocycles. The average molecular weight is 526 g/mol. The Labute approximate surface area is 212 Å². The van der Waals surface area contributed by atoms with Gasteiger partial charge in [-0.2, -0.15) is 0 Å². The average Bonchev–Trinajstić information content (AvgIpc) is 2.81. The number of amides is 2. The van der Waals surface area contributed by atoms with Crippen LogP contribution < -0.4 is 9.62 Å². The van der Waals surface area contributed by atoms with Gasteiger partial charge >= 0.3 is 0 Å². The van der Waals surface area contributed by atoms with Gasteiger partial charge in [-0.3, -0.25) is 13.9 Å². The fourth-order valence-electron chi connectivity index (χ4n) is 3.59. The van der Waals surface area contributed by atoms with E-state index in [0.29, 0.717) is 12.8 Å². The van der Waals surface area contributed by atoms with Crippen LogP contribution in [0.15, 0.2) is 48.5 Å². The van der Waals surface area contributed by atoms with E-state index in [9.17, 15) is 22.4 Å². The van der Waals surface area contributed by atoms with Gasteiger partial charge in [-0.15, -0.1) is 0 Å². The molecule has 2 amide bonds. The van der Waals surface area contributed by atoms with Crippen molar-refractivity contribution in [3.05, 3.63) is 64.9 Å². The maximum absolute atomic E-state index is 13.7. The molecule has 2 atom stereocenters. The van der Waals surface area contributed by atoms with Crippen LogP contribution in [0.2, 0.25) is 5.02 Å². The van der Waals surface area contributed by atoms with E-state index < -0.39 is 34.3 Å². The molecule has 1 N–H and O–H groups in total. The number of nitrogens with one attached hydrogen (secondary N) is 1. The minimum Gasteiger partial charge on any atom is -0.352 e. The van der Waals surface area contributed by atoms with Gasteiger partial charge < -0.3 is 10.2 Å². The number of halogens is 2. The standard InChI is InChI=1S/C25H33ClFN3O4S/c1-5-18(3)28-25(32)23(6-2)29(15-14-19-10-8-7-9-11-19)24(31)17-30(35(4,33)34)20-12-13-22(27)21(26)16-20/h7-13,16,18,23H,5-6,14-15,17H2,1-4H3,(H,28,32)/t18-,23-/m0/s1. The fourth-order valence-corrected chi connectivity index (χ4v) is 4.61. The van der Waals surface area contributed by atoms with Gasteiger partial charge in [-0.1, -0.05) is 55.8 Å². The van der Waals surface area contributed by atoms with Crippen molar-refractivity contribution in [2.45, 2.75) is 52.1 Å². The summed E-state index contributed by atoms with van der Waals surface area (Å²) in [6.45, 7) is 5.30. The zero-order valence-electron chi connectivity index (χ0n) is 20.5. The number of sulfonamides is 1. The summed E-state index contributed by atoms with van der Waals surface area (Å²) in [5.41, 5.74) is 1.04. The Morgan fingerprint density at radius 1 is 1.09 bits per heavy atom. The van der Waals surface area contributed by atoms with Crippen molar-refractivity contribution in [2.24, 2.45) is 0 Å². The van der Waals surface area contributed by atoms with E-state index >= 15 is 0 Å². The number of benzene rings is 2. The highest BCUT2D eigenvalue weighted by atomic mass is 35.5. The lowest BCUT2D eigenvalue weighted by Gasteiger charge is -2.33. The Morgan fingerprint density at radius 3 is 2.29 bits per heavy atom. The molecule has 0 aromatic heterocycles. The van der Waals surface area contributed by atoms with Crippen LogP contribution >= 0.6 is 11.6 Å². The van der Waals surface area contributed by atoms with Crippen LogP contribution in [0.1, 0.15) is 39.2 Å². The molecule has 0 bridgehead atoms. The molecule has 0 fully saturated rings. The number of carbonyl (C=O) groups excluding carboxylic acids is 2. The molecule has 0 saturated carbocycles. The Bertz CT molecular complexity index is 1110. The van der Waals surface area contributed by atoms with Crippen LogP contribution in [-0.2, 0) is 26.0 Å². The molecule has 2 rings (SSSR count). The number of hydrogen-bond donors (Lipinski definition) is 1. The van der Waals surface area contributed by atoms with Gasteiger partial charge in [0, 0.05) is 12.6 Å². The first-order chi connectivity index (χ1) is 16.5. The monoisotopic (exact) mass is 525 g/mol. The van der Waals surface area contributed by atoms with E-state index in [1.807, 2.05) is 44.2 Å². The lowest BCUT2D eigenvalue weighted by Crippen LogP contribution is -2.54. The van der Waals surface area contributed by atoms with Gasteiger partial charge in [0.15, 0.2) is 0 Å². The van der Waals surface area contributed by atoms with Crippen molar-refractivity contribution < 1.29 is 22.4 Å². The first-order valence-electron chi connectivity index (χ1n) is 11.5. The summed E-state index contributed by atoms with van der Waals surface area (Å²) in [7, 11) is -3.91. The Kier molecular flexibility index (Phi) is 10.5. The molecule has 192 valence electrons. The third kappa shape index (κ3) is 8.21. The lowest BCUT2D eigenvalue weighted by molar-refractivity contribution is -0.139. The fraction of sp³-hybridized carbons (Fsp3) is 0.440. The highest BCUT2D eigenvalue weighted by Crippen LogP contribution is 2.25. The maximum atomic E-state index is 13.7. The van der Waals surface area contributed by atoms with E-state index in [0.717, 1.165) is 34.7 Å². The molecule has 2 aromatic rings. The first kappa shape index (κ1) is 28.6. The van der Waals surface area contributed by atoms with Crippen LogP contribution in [0, 0.1) is 5.82 Å². The van der Waals surface area contributed by atoms with Crippen LogP contribution in [0.3, 0.4) is 0 Å². The summed E-state index contributed by atoms with van der Waals surface area (Å²) in [6, 6.07) is 12.1. The minimum atomic E-state index is -3.91. The number of nitrogens with zero attached hydrogens (tertiary/aromatic N) is 2. The van der Waals surface area contributed by atoms with E-state index in [-0.39, 0.29) is 29.2 Å². The molecule has 0 aliphatic heterocycles. The van der Waals surface area contributed by atoms with Gasteiger partial charge in [0.1, 0.15) is 18.4 Å². The van der Waals surface area contributed by atoms with Crippen molar-refractivity contribution in [1.29, 1.82) is 0 Å². The van der Waals surface area contributed by atoms with Gasteiger partial charge in [0.05, 0.1) is 17.0 Å². The zero-order chi connectivity index (χ0) is 26.2. The second-order valence-corrected chi connectivity index (χ2v) is 10.7. The molecular formula is C25H33ClFN3O4S. The summed E-state index contributed by atoms with van der Waals surface area (Å²) >= 11 is 5.86. The second-order valence-electron chi connectivity index (χ2n) is 8.43. The van der Waals surface area contributed by atoms with Gasteiger partial charge in [0.25, 0.3) is 0 Å². The van der Waals surface area contributed by atoms with Crippen molar-refractivity contribution in [3.8, 4) is 0 Å². The normalized spacial score (nSPS) is 13.1. The van der Waals surface area contributed by atoms with Gasteiger partial charge in [0.2, 0.25) is 21.8 Å². The Balaban J connectivity index is 2.38. The summed E-state index contributed by atoms with van der Waals surface area (Å²) in [6.07, 6.45) is 2.52. The van der Waals surface area contributed by atoms with Crippen LogP contribution in [-0.4, -0.2) is 56.6 Å². The minimum absolute atomic E-state index is 0.0624. The topological polar surface area (TPSA) is 86.8 Å². The van der Waals surface area contributed by atoms with Gasteiger partial charge in [-0.25, -0.2) is 12.8 Å². The van der Waals surface area contributed by atoms with Crippen LogP contribution in [0.4, 0.5) is 10.1 Å². The molecule has 0 saturated heterocycles. The summed E-state index contributed by atoms with van der Waals surface area (Å²) in [4.78, 5) is 28.0. The summed E-state index contributed by atoms with van der Waals surface area (Å²) in [5, 5.41) is 2.66. The molecule has 0 radical (unpaired) electrons. The SMILES string of the molecule is CC[C@H](C)NC(=O)[C@H](CC)N(CCc1ccccc1)C(=O)CN(c1ccc(F)c(Cl)c1)S(C)(=O)=O. The molecule has 0 spiro atoms. The van der Waals surface area contributed by atoms with Crippen LogP contribution in [0.5, 0.6) is 0 Å². The quantitative estimate of drug-likeness (QED) is 0.453. The second kappa shape index (κ2) is 12.9. The summed E-state index contributed by atoms with van der Waals surface area (Å²) in [5.74, 6) is -1.54. The van der Waals surface area contributed by atoms with Crippen molar-refractivity contribution in [2.75, 3.05) is 23.7 Å². The highest BCUT2D eigenvalue weighted by molar-refractivity contribution is 7.92. The highest BCUT2D eigenvalue weighted by Gasteiger charge is 2.32. The molecule has 10 heteroatoms. The predicted molar refractivity (Wildman–Crippen MR) is 137 cm³/mol. The summed E-state index contributed by atoms with van der Waals surface area (Å²) < 4.78 is 39.7. The smallest absolute Gasteiger partial charge is 0.244 e. The molecule has 0 aliphatic carbocycles. The van der Waals surface area contributed by atoms with E-state index in [1.165, 1.54) is 11.0 Å². The van der Waals surface area contributed by atoms with Crippen molar-refractivity contribution in [1.82, 2.24) is 10.2 Å².